The molecule has 0 saturated carbocycles. The van der Waals surface area contributed by atoms with Gasteiger partial charge in [-0.05, 0) is 59.7 Å². The van der Waals surface area contributed by atoms with Gasteiger partial charge in [0.2, 0.25) is 0 Å². The second-order valence-electron chi connectivity index (χ2n) is 7.56. The first-order chi connectivity index (χ1) is 13.7. The van der Waals surface area contributed by atoms with Crippen LogP contribution in [-0.2, 0) is 32.5 Å². The Bertz CT molecular complexity index is 909. The number of rotatable bonds is 6. The van der Waals surface area contributed by atoms with Crippen molar-refractivity contribution >= 4 is 0 Å². The molecule has 0 radical (unpaired) electrons. The molecule has 4 nitrogen and oxygen atoms in total. The van der Waals surface area contributed by atoms with E-state index in [1.54, 1.807) is 6.07 Å². The van der Waals surface area contributed by atoms with E-state index in [9.17, 15) is 5.11 Å². The first-order valence-corrected chi connectivity index (χ1v) is 9.94. The lowest BCUT2D eigenvalue weighted by molar-refractivity contribution is 0.159. The zero-order valence-electron chi connectivity index (χ0n) is 16.1. The van der Waals surface area contributed by atoms with E-state index < -0.39 is 0 Å². The first-order valence-electron chi connectivity index (χ1n) is 9.94. The van der Waals surface area contributed by atoms with E-state index in [0.717, 1.165) is 49.2 Å². The van der Waals surface area contributed by atoms with Crippen LogP contribution in [0.25, 0.3) is 0 Å². The number of hydrogen-bond donors (Lipinski definition) is 2. The molecule has 0 fully saturated rings. The smallest absolute Gasteiger partial charge is 0.119 e. The summed E-state index contributed by atoms with van der Waals surface area (Å²) in [7, 11) is 0. The number of pyridine rings is 1. The van der Waals surface area contributed by atoms with Gasteiger partial charge in [0.05, 0.1) is 5.69 Å². The zero-order valence-corrected chi connectivity index (χ0v) is 16.1. The predicted molar refractivity (Wildman–Crippen MR) is 112 cm³/mol. The molecule has 0 aliphatic heterocycles. The molecule has 4 rings (SSSR count). The van der Waals surface area contributed by atoms with Gasteiger partial charge in [0.1, 0.15) is 5.75 Å². The normalized spacial score (nSPS) is 16.1. The fourth-order valence-electron chi connectivity index (χ4n) is 4.09. The molecule has 4 heteroatoms. The number of nitrogens with two attached hydrogens (primary N) is 1. The van der Waals surface area contributed by atoms with Crippen molar-refractivity contribution in [3.8, 4) is 5.75 Å². The number of phenols is 1. The van der Waals surface area contributed by atoms with Crippen LogP contribution in [0.5, 0.6) is 5.75 Å². The van der Waals surface area contributed by atoms with Crippen molar-refractivity contribution in [1.29, 1.82) is 0 Å². The number of phenolic OH excluding ortho intramolecular Hbond substituents is 1. The Balaban J connectivity index is 1.58. The van der Waals surface area contributed by atoms with Crippen LogP contribution in [0.4, 0.5) is 0 Å². The number of hydrogen-bond acceptors (Lipinski definition) is 4. The van der Waals surface area contributed by atoms with Crippen LogP contribution < -0.4 is 5.73 Å². The standard InChI is InChI=1S/C24H27N3O/c25-15-18-7-9-19(10-8-18)16-27(17-21-5-1-2-13-26-21)22-12-11-20-4-3-6-24(28)23(20)14-22/h1-10,13,22,28H,11-12,14-17,25H2. The third-order valence-electron chi connectivity index (χ3n) is 5.69. The number of nitrogens with zero attached hydrogens (tertiary/aromatic N) is 2. The Hall–Kier alpha value is -2.69. The summed E-state index contributed by atoms with van der Waals surface area (Å²) in [6, 6.07) is 20.9. The van der Waals surface area contributed by atoms with Crippen LogP contribution in [0, 0.1) is 0 Å². The summed E-state index contributed by atoms with van der Waals surface area (Å²) in [6.07, 6.45) is 4.81. The molecule has 0 bridgehead atoms. The fraction of sp³-hybridized carbons (Fsp3) is 0.292. The molecule has 1 aliphatic carbocycles. The van der Waals surface area contributed by atoms with Gasteiger partial charge in [-0.15, -0.1) is 0 Å². The molecule has 1 unspecified atom stereocenters. The molecule has 0 amide bonds. The number of benzene rings is 2. The van der Waals surface area contributed by atoms with Gasteiger partial charge in [-0.2, -0.15) is 0 Å². The lowest BCUT2D eigenvalue weighted by Gasteiger charge is -2.35. The predicted octanol–water partition coefficient (Wildman–Crippen LogP) is 3.81. The van der Waals surface area contributed by atoms with Crippen LogP contribution in [0.1, 0.15) is 34.4 Å². The topological polar surface area (TPSA) is 62.4 Å². The van der Waals surface area contributed by atoms with Gasteiger partial charge in [0.25, 0.3) is 0 Å². The Morgan fingerprint density at radius 2 is 1.79 bits per heavy atom. The summed E-state index contributed by atoms with van der Waals surface area (Å²) < 4.78 is 0. The summed E-state index contributed by atoms with van der Waals surface area (Å²) >= 11 is 0. The van der Waals surface area contributed by atoms with E-state index in [1.807, 2.05) is 24.4 Å². The second kappa shape index (κ2) is 8.55. The molecular formula is C24H27N3O. The Labute approximate surface area is 166 Å². The van der Waals surface area contributed by atoms with Gasteiger partial charge in [0, 0.05) is 31.9 Å². The minimum Gasteiger partial charge on any atom is -0.508 e. The quantitative estimate of drug-likeness (QED) is 0.690. The molecule has 3 aromatic rings. The van der Waals surface area contributed by atoms with E-state index in [4.69, 9.17) is 5.73 Å². The Morgan fingerprint density at radius 1 is 0.964 bits per heavy atom. The summed E-state index contributed by atoms with van der Waals surface area (Å²) in [5, 5.41) is 10.4. The van der Waals surface area contributed by atoms with E-state index in [0.29, 0.717) is 18.3 Å². The number of aromatic hydroxyl groups is 1. The molecule has 1 atom stereocenters. The average molecular weight is 374 g/mol. The highest BCUT2D eigenvalue weighted by atomic mass is 16.3. The maximum Gasteiger partial charge on any atom is 0.119 e. The molecular weight excluding hydrogens is 346 g/mol. The lowest BCUT2D eigenvalue weighted by atomic mass is 9.86. The summed E-state index contributed by atoms with van der Waals surface area (Å²) in [4.78, 5) is 7.03. The van der Waals surface area contributed by atoms with E-state index in [-0.39, 0.29) is 0 Å². The molecule has 1 aliphatic rings. The highest BCUT2D eigenvalue weighted by Crippen LogP contribution is 2.32. The van der Waals surface area contributed by atoms with Crippen LogP contribution in [0.3, 0.4) is 0 Å². The molecule has 0 saturated heterocycles. The first kappa shape index (κ1) is 18.7. The molecule has 144 valence electrons. The molecule has 3 N–H and O–H groups in total. The summed E-state index contributed by atoms with van der Waals surface area (Å²) in [6.45, 7) is 2.22. The number of aryl methyl sites for hydroxylation is 1. The lowest BCUT2D eigenvalue weighted by Crippen LogP contribution is -2.38. The monoisotopic (exact) mass is 373 g/mol. The maximum atomic E-state index is 10.4. The molecule has 1 heterocycles. The van der Waals surface area contributed by atoms with Crippen molar-refractivity contribution in [1.82, 2.24) is 9.88 Å². The minimum atomic E-state index is 0.372. The van der Waals surface area contributed by atoms with E-state index in [2.05, 4.69) is 46.3 Å². The van der Waals surface area contributed by atoms with Gasteiger partial charge in [-0.25, -0.2) is 0 Å². The van der Waals surface area contributed by atoms with Crippen LogP contribution in [0.15, 0.2) is 66.9 Å². The zero-order chi connectivity index (χ0) is 19.3. The van der Waals surface area contributed by atoms with Crippen molar-refractivity contribution in [3.05, 3.63) is 94.8 Å². The van der Waals surface area contributed by atoms with Crippen LogP contribution >= 0.6 is 0 Å². The minimum absolute atomic E-state index is 0.372. The summed E-state index contributed by atoms with van der Waals surface area (Å²) in [5.74, 6) is 0.423. The van der Waals surface area contributed by atoms with Gasteiger partial charge < -0.3 is 10.8 Å². The molecule has 0 spiro atoms. The fourth-order valence-corrected chi connectivity index (χ4v) is 4.09. The average Bonchev–Trinajstić information content (AvgIpc) is 2.75. The molecule has 1 aromatic heterocycles. The van der Waals surface area contributed by atoms with Crippen molar-refractivity contribution in [2.75, 3.05) is 0 Å². The van der Waals surface area contributed by atoms with Crippen LogP contribution in [0.2, 0.25) is 0 Å². The summed E-state index contributed by atoms with van der Waals surface area (Å²) in [5.41, 5.74) is 11.6. The molecule has 2 aromatic carbocycles. The molecule has 28 heavy (non-hydrogen) atoms. The van der Waals surface area contributed by atoms with Gasteiger partial charge >= 0.3 is 0 Å². The van der Waals surface area contributed by atoms with Gasteiger partial charge in [-0.3, -0.25) is 9.88 Å². The Morgan fingerprint density at radius 3 is 2.54 bits per heavy atom. The van der Waals surface area contributed by atoms with Crippen molar-refractivity contribution in [3.63, 3.8) is 0 Å². The SMILES string of the molecule is NCc1ccc(CN(Cc2ccccn2)C2CCc3cccc(O)c3C2)cc1. The van der Waals surface area contributed by atoms with Gasteiger partial charge in [-0.1, -0.05) is 42.5 Å². The van der Waals surface area contributed by atoms with Crippen LogP contribution in [-0.4, -0.2) is 21.0 Å². The third kappa shape index (κ3) is 4.24. The van der Waals surface area contributed by atoms with Crippen molar-refractivity contribution in [2.45, 2.75) is 44.9 Å². The van der Waals surface area contributed by atoms with E-state index in [1.165, 1.54) is 11.1 Å². The van der Waals surface area contributed by atoms with Crippen molar-refractivity contribution < 1.29 is 5.11 Å². The number of fused-ring (bicyclic) bond motifs is 1. The highest BCUT2D eigenvalue weighted by Gasteiger charge is 2.26. The van der Waals surface area contributed by atoms with Gasteiger partial charge in [0.15, 0.2) is 0 Å². The second-order valence-corrected chi connectivity index (χ2v) is 7.56. The van der Waals surface area contributed by atoms with E-state index >= 15 is 0 Å². The maximum absolute atomic E-state index is 10.4. The largest absolute Gasteiger partial charge is 0.508 e. The van der Waals surface area contributed by atoms with Crippen molar-refractivity contribution in [2.24, 2.45) is 5.73 Å². The highest BCUT2D eigenvalue weighted by molar-refractivity contribution is 5.41. The Kier molecular flexibility index (Phi) is 5.70. The third-order valence-corrected chi connectivity index (χ3v) is 5.69. The number of aromatic nitrogens is 1.